The van der Waals surface area contributed by atoms with Gasteiger partial charge >= 0.3 is 0 Å². The van der Waals surface area contributed by atoms with E-state index in [1.165, 1.54) is 11.5 Å². The Kier molecular flexibility index (Phi) is 4.14. The van der Waals surface area contributed by atoms with Crippen LogP contribution in [0, 0.1) is 0 Å². The minimum absolute atomic E-state index is 0.779. The molecule has 0 aliphatic carbocycles. The van der Waals surface area contributed by atoms with Crippen molar-refractivity contribution >= 4 is 44.2 Å². The SMILES string of the molecule is CNc1snnc1CSc1ccc(Br)cn1. The Labute approximate surface area is 110 Å². The summed E-state index contributed by atoms with van der Waals surface area (Å²) in [5, 5.41) is 9.14. The first-order valence-corrected chi connectivity index (χ1v) is 7.08. The molecule has 0 saturated carbocycles. The first-order valence-electron chi connectivity index (χ1n) is 4.53. The molecule has 2 heterocycles. The van der Waals surface area contributed by atoms with Crippen LogP contribution < -0.4 is 5.32 Å². The standard InChI is InChI=1S/C9H9BrN4S2/c1-11-9-7(13-14-16-9)5-15-8-3-2-6(10)4-12-8/h2-4,11H,5H2,1H3. The molecule has 0 amide bonds. The third kappa shape index (κ3) is 2.93. The van der Waals surface area contributed by atoms with E-state index in [1.54, 1.807) is 18.0 Å². The van der Waals surface area contributed by atoms with E-state index in [1.807, 2.05) is 19.2 Å². The summed E-state index contributed by atoms with van der Waals surface area (Å²) in [4.78, 5) is 4.28. The molecule has 2 aromatic heterocycles. The van der Waals surface area contributed by atoms with Crippen molar-refractivity contribution in [3.05, 3.63) is 28.5 Å². The van der Waals surface area contributed by atoms with Gasteiger partial charge in [0, 0.05) is 35.0 Å². The topological polar surface area (TPSA) is 50.7 Å². The molecule has 0 bridgehead atoms. The first kappa shape index (κ1) is 11.8. The number of thioether (sulfide) groups is 1. The van der Waals surface area contributed by atoms with E-state index in [9.17, 15) is 0 Å². The van der Waals surface area contributed by atoms with Gasteiger partial charge in [0.1, 0.15) is 10.7 Å². The number of nitrogens with one attached hydrogen (secondary N) is 1. The molecule has 16 heavy (non-hydrogen) atoms. The van der Waals surface area contributed by atoms with E-state index in [0.717, 1.165) is 25.9 Å². The van der Waals surface area contributed by atoms with Gasteiger partial charge in [0.05, 0.1) is 5.03 Å². The fourth-order valence-corrected chi connectivity index (χ4v) is 2.72. The number of nitrogens with zero attached hydrogens (tertiary/aromatic N) is 3. The predicted octanol–water partition coefficient (Wildman–Crippen LogP) is 3.03. The Morgan fingerprint density at radius 1 is 1.50 bits per heavy atom. The number of hydrogen-bond donors (Lipinski definition) is 1. The molecule has 1 N–H and O–H groups in total. The van der Waals surface area contributed by atoms with Gasteiger partial charge in [0.2, 0.25) is 0 Å². The smallest absolute Gasteiger partial charge is 0.133 e. The maximum atomic E-state index is 4.28. The van der Waals surface area contributed by atoms with Gasteiger partial charge in [-0.15, -0.1) is 5.10 Å². The highest BCUT2D eigenvalue weighted by molar-refractivity contribution is 9.10. The fourth-order valence-electron chi connectivity index (χ4n) is 1.08. The predicted molar refractivity (Wildman–Crippen MR) is 71.0 cm³/mol. The van der Waals surface area contributed by atoms with Crippen molar-refractivity contribution in [2.45, 2.75) is 10.8 Å². The highest BCUT2D eigenvalue weighted by Gasteiger charge is 2.06. The summed E-state index contributed by atoms with van der Waals surface area (Å²) in [6.45, 7) is 0. The molecule has 0 saturated heterocycles. The number of aromatic nitrogens is 3. The number of halogens is 1. The third-order valence-corrected chi connectivity index (χ3v) is 4.05. The lowest BCUT2D eigenvalue weighted by Crippen LogP contribution is -1.91. The van der Waals surface area contributed by atoms with Crippen molar-refractivity contribution in [3.63, 3.8) is 0 Å². The Bertz CT molecular complexity index is 457. The molecular weight excluding hydrogens is 308 g/mol. The maximum absolute atomic E-state index is 4.28. The third-order valence-electron chi connectivity index (χ3n) is 1.84. The van der Waals surface area contributed by atoms with Crippen molar-refractivity contribution in [2.75, 3.05) is 12.4 Å². The minimum atomic E-state index is 0.779. The van der Waals surface area contributed by atoms with Gasteiger partial charge in [-0.3, -0.25) is 0 Å². The normalized spacial score (nSPS) is 10.4. The maximum Gasteiger partial charge on any atom is 0.133 e. The second-order valence-corrected chi connectivity index (χ2v) is 5.57. The van der Waals surface area contributed by atoms with Crippen LogP contribution in [0.3, 0.4) is 0 Å². The Morgan fingerprint density at radius 2 is 2.38 bits per heavy atom. The van der Waals surface area contributed by atoms with Gasteiger partial charge in [-0.1, -0.05) is 16.3 Å². The van der Waals surface area contributed by atoms with Crippen LogP contribution in [0.5, 0.6) is 0 Å². The Morgan fingerprint density at radius 3 is 3.06 bits per heavy atom. The number of anilines is 1. The largest absolute Gasteiger partial charge is 0.377 e. The lowest BCUT2D eigenvalue weighted by atomic mass is 10.5. The molecule has 84 valence electrons. The molecule has 0 atom stereocenters. The zero-order valence-electron chi connectivity index (χ0n) is 8.48. The summed E-state index contributed by atoms with van der Waals surface area (Å²) in [6.07, 6.45) is 1.79. The molecule has 4 nitrogen and oxygen atoms in total. The summed E-state index contributed by atoms with van der Waals surface area (Å²) in [5.74, 6) is 0.779. The van der Waals surface area contributed by atoms with Gasteiger partial charge in [-0.25, -0.2) is 4.98 Å². The lowest BCUT2D eigenvalue weighted by Gasteiger charge is -2.00. The van der Waals surface area contributed by atoms with E-state index in [0.29, 0.717) is 0 Å². The lowest BCUT2D eigenvalue weighted by molar-refractivity contribution is 1.06. The van der Waals surface area contributed by atoms with E-state index in [4.69, 9.17) is 0 Å². The van der Waals surface area contributed by atoms with Crippen molar-refractivity contribution < 1.29 is 0 Å². The van der Waals surface area contributed by atoms with Crippen molar-refractivity contribution in [1.29, 1.82) is 0 Å². The van der Waals surface area contributed by atoms with E-state index >= 15 is 0 Å². The van der Waals surface area contributed by atoms with Crippen LogP contribution in [0.25, 0.3) is 0 Å². The quantitative estimate of drug-likeness (QED) is 0.879. The molecule has 0 aliphatic heterocycles. The zero-order valence-corrected chi connectivity index (χ0v) is 11.7. The fraction of sp³-hybridized carbons (Fsp3) is 0.222. The summed E-state index contributed by atoms with van der Waals surface area (Å²) in [7, 11) is 1.88. The van der Waals surface area contributed by atoms with Gasteiger partial charge in [-0.05, 0) is 28.1 Å². The first-order chi connectivity index (χ1) is 7.79. The van der Waals surface area contributed by atoms with Crippen LogP contribution in [0.2, 0.25) is 0 Å². The summed E-state index contributed by atoms with van der Waals surface area (Å²) < 4.78 is 4.90. The molecule has 0 aromatic carbocycles. The van der Waals surface area contributed by atoms with E-state index in [-0.39, 0.29) is 0 Å². The molecule has 0 spiro atoms. The van der Waals surface area contributed by atoms with E-state index < -0.39 is 0 Å². The highest BCUT2D eigenvalue weighted by Crippen LogP contribution is 2.26. The van der Waals surface area contributed by atoms with Gasteiger partial charge in [0.15, 0.2) is 0 Å². The van der Waals surface area contributed by atoms with Crippen molar-refractivity contribution in [1.82, 2.24) is 14.6 Å². The van der Waals surface area contributed by atoms with Crippen LogP contribution in [0.1, 0.15) is 5.69 Å². The average Bonchev–Trinajstić information content (AvgIpc) is 2.76. The van der Waals surface area contributed by atoms with Crippen molar-refractivity contribution in [2.24, 2.45) is 0 Å². The van der Waals surface area contributed by atoms with Crippen molar-refractivity contribution in [3.8, 4) is 0 Å². The Hall–Kier alpha value is -0.660. The molecule has 2 aromatic rings. The number of pyridine rings is 1. The minimum Gasteiger partial charge on any atom is -0.377 e. The molecular formula is C9H9BrN4S2. The van der Waals surface area contributed by atoms with Crippen LogP contribution in [0.4, 0.5) is 5.00 Å². The summed E-state index contributed by atoms with van der Waals surface area (Å²) >= 11 is 6.38. The van der Waals surface area contributed by atoms with Crippen LogP contribution in [-0.2, 0) is 5.75 Å². The summed E-state index contributed by atoms with van der Waals surface area (Å²) in [6, 6.07) is 3.96. The molecule has 2 rings (SSSR count). The summed E-state index contributed by atoms with van der Waals surface area (Å²) in [5.41, 5.74) is 0.974. The van der Waals surface area contributed by atoms with Gasteiger partial charge in [0.25, 0.3) is 0 Å². The van der Waals surface area contributed by atoms with Gasteiger partial charge < -0.3 is 5.32 Å². The zero-order chi connectivity index (χ0) is 11.4. The Balaban J connectivity index is 1.99. The van der Waals surface area contributed by atoms with Crippen LogP contribution >= 0.6 is 39.2 Å². The average molecular weight is 317 g/mol. The monoisotopic (exact) mass is 316 g/mol. The molecule has 0 radical (unpaired) electrons. The van der Waals surface area contributed by atoms with Crippen LogP contribution in [-0.4, -0.2) is 21.6 Å². The molecule has 0 aliphatic rings. The van der Waals surface area contributed by atoms with E-state index in [2.05, 4.69) is 35.8 Å². The second kappa shape index (κ2) is 5.60. The highest BCUT2D eigenvalue weighted by atomic mass is 79.9. The second-order valence-electron chi connectivity index (χ2n) is 2.90. The van der Waals surface area contributed by atoms with Gasteiger partial charge in [-0.2, -0.15) is 0 Å². The van der Waals surface area contributed by atoms with Crippen LogP contribution in [0.15, 0.2) is 27.8 Å². The molecule has 0 unspecified atom stereocenters. The molecule has 7 heteroatoms. The molecule has 0 fully saturated rings. The number of rotatable bonds is 4. The number of hydrogen-bond acceptors (Lipinski definition) is 6.